The van der Waals surface area contributed by atoms with Crippen LogP contribution in [0.3, 0.4) is 0 Å². The normalized spacial score (nSPS) is 25.1. The van der Waals surface area contributed by atoms with Crippen molar-refractivity contribution in [3.8, 4) is 0 Å². The molecule has 0 radical (unpaired) electrons. The zero-order valence-corrected chi connectivity index (χ0v) is 7.44. The maximum absolute atomic E-state index is 11.0. The first-order valence-corrected chi connectivity index (χ1v) is 4.37. The molecule has 1 saturated heterocycles. The van der Waals surface area contributed by atoms with Gasteiger partial charge in [0.2, 0.25) is 5.91 Å². The average molecular weight is 155 g/mol. The largest absolute Gasteiger partial charge is 0.356 e. The number of amides is 1. The Balaban J connectivity index is 2.44. The molecule has 0 aliphatic carbocycles. The van der Waals surface area contributed by atoms with Gasteiger partial charge in [-0.25, -0.2) is 0 Å². The molecule has 1 heterocycles. The summed E-state index contributed by atoms with van der Waals surface area (Å²) < 4.78 is 0. The molecule has 1 N–H and O–H groups in total. The first-order chi connectivity index (χ1) is 5.10. The Morgan fingerprint density at radius 3 is 2.82 bits per heavy atom. The number of carbonyl (C=O) groups excluding carboxylic acids is 1. The molecule has 0 saturated carbocycles. The first-order valence-electron chi connectivity index (χ1n) is 4.37. The van der Waals surface area contributed by atoms with E-state index in [0.29, 0.717) is 11.8 Å². The highest BCUT2D eigenvalue weighted by atomic mass is 16.1. The number of hydrogen-bond acceptors (Lipinski definition) is 1. The van der Waals surface area contributed by atoms with Crippen molar-refractivity contribution >= 4 is 5.91 Å². The number of rotatable bonds is 0. The molecule has 0 spiro atoms. The average Bonchev–Trinajstić information content (AvgIpc) is 1.92. The molecule has 64 valence electrons. The van der Waals surface area contributed by atoms with Crippen molar-refractivity contribution in [2.45, 2.75) is 39.5 Å². The van der Waals surface area contributed by atoms with Gasteiger partial charge in [-0.05, 0) is 24.7 Å². The molecule has 0 aromatic heterocycles. The molecule has 1 aliphatic heterocycles. The van der Waals surface area contributed by atoms with Gasteiger partial charge in [0.1, 0.15) is 0 Å². The smallest absolute Gasteiger partial charge is 0.220 e. The van der Waals surface area contributed by atoms with Crippen molar-refractivity contribution in [1.82, 2.24) is 5.32 Å². The van der Waals surface area contributed by atoms with E-state index in [1.165, 1.54) is 6.42 Å². The molecule has 11 heavy (non-hydrogen) atoms. The zero-order valence-electron chi connectivity index (χ0n) is 7.44. The van der Waals surface area contributed by atoms with E-state index in [2.05, 4.69) is 19.2 Å². The van der Waals surface area contributed by atoms with Gasteiger partial charge in [-0.2, -0.15) is 0 Å². The predicted octanol–water partition coefficient (Wildman–Crippen LogP) is 1.70. The standard InChI is InChI=1S/C9H17NO/c1-9(2)5-3-7-10-8(11)4-6-9/h3-7H2,1-2H3,(H,10,11). The highest BCUT2D eigenvalue weighted by Gasteiger charge is 2.20. The summed E-state index contributed by atoms with van der Waals surface area (Å²) in [7, 11) is 0. The minimum absolute atomic E-state index is 0.220. The van der Waals surface area contributed by atoms with Gasteiger partial charge in [-0.3, -0.25) is 4.79 Å². The molecule has 0 atom stereocenters. The lowest BCUT2D eigenvalue weighted by Gasteiger charge is -2.26. The minimum Gasteiger partial charge on any atom is -0.356 e. The summed E-state index contributed by atoms with van der Waals surface area (Å²) >= 11 is 0. The maximum Gasteiger partial charge on any atom is 0.220 e. The highest BCUT2D eigenvalue weighted by molar-refractivity contribution is 5.75. The quantitative estimate of drug-likeness (QED) is 0.567. The Labute approximate surface area is 68.4 Å². The fraction of sp³-hybridized carbons (Fsp3) is 0.889. The van der Waals surface area contributed by atoms with Crippen LogP contribution in [-0.2, 0) is 4.79 Å². The Kier molecular flexibility index (Phi) is 2.53. The summed E-state index contributed by atoms with van der Waals surface area (Å²) in [5.41, 5.74) is 0.373. The lowest BCUT2D eigenvalue weighted by molar-refractivity contribution is -0.122. The molecule has 0 unspecified atom stereocenters. The lowest BCUT2D eigenvalue weighted by atomic mass is 9.82. The summed E-state index contributed by atoms with van der Waals surface area (Å²) in [6.45, 7) is 5.35. The van der Waals surface area contributed by atoms with E-state index in [4.69, 9.17) is 0 Å². The highest BCUT2D eigenvalue weighted by Crippen LogP contribution is 2.28. The van der Waals surface area contributed by atoms with E-state index in [9.17, 15) is 4.79 Å². The summed E-state index contributed by atoms with van der Waals surface area (Å²) in [4.78, 5) is 11.0. The van der Waals surface area contributed by atoms with E-state index in [0.717, 1.165) is 19.4 Å². The van der Waals surface area contributed by atoms with Crippen LogP contribution in [0.15, 0.2) is 0 Å². The molecule has 1 fully saturated rings. The molecule has 0 aromatic rings. The van der Waals surface area contributed by atoms with E-state index in [1.807, 2.05) is 0 Å². The second-order valence-corrected chi connectivity index (χ2v) is 4.12. The van der Waals surface area contributed by atoms with Gasteiger partial charge >= 0.3 is 0 Å². The van der Waals surface area contributed by atoms with Crippen LogP contribution in [0.25, 0.3) is 0 Å². The van der Waals surface area contributed by atoms with Crippen LogP contribution in [0.4, 0.5) is 0 Å². The van der Waals surface area contributed by atoms with Crippen molar-refractivity contribution in [3.63, 3.8) is 0 Å². The Hall–Kier alpha value is -0.530. The third-order valence-corrected chi connectivity index (χ3v) is 2.38. The van der Waals surface area contributed by atoms with Gasteiger partial charge in [-0.1, -0.05) is 13.8 Å². The number of nitrogens with one attached hydrogen (secondary N) is 1. The van der Waals surface area contributed by atoms with Crippen molar-refractivity contribution in [2.75, 3.05) is 6.54 Å². The zero-order chi connectivity index (χ0) is 8.32. The van der Waals surface area contributed by atoms with Crippen LogP contribution in [0.5, 0.6) is 0 Å². The van der Waals surface area contributed by atoms with Crippen LogP contribution < -0.4 is 5.32 Å². The molecule has 0 aromatic carbocycles. The predicted molar refractivity (Wildman–Crippen MR) is 45.3 cm³/mol. The Morgan fingerprint density at radius 2 is 2.09 bits per heavy atom. The molecule has 1 amide bonds. The summed E-state index contributed by atoms with van der Waals surface area (Å²) in [5, 5.41) is 2.88. The Morgan fingerprint density at radius 1 is 1.36 bits per heavy atom. The number of carbonyl (C=O) groups is 1. The fourth-order valence-electron chi connectivity index (χ4n) is 1.46. The van der Waals surface area contributed by atoms with Crippen LogP contribution in [-0.4, -0.2) is 12.5 Å². The topological polar surface area (TPSA) is 29.1 Å². The van der Waals surface area contributed by atoms with Crippen molar-refractivity contribution in [2.24, 2.45) is 5.41 Å². The van der Waals surface area contributed by atoms with Gasteiger partial charge in [-0.15, -0.1) is 0 Å². The maximum atomic E-state index is 11.0. The minimum atomic E-state index is 0.220. The molecule has 1 rings (SSSR count). The van der Waals surface area contributed by atoms with Crippen LogP contribution in [0.2, 0.25) is 0 Å². The molecule has 2 heteroatoms. The van der Waals surface area contributed by atoms with Crippen LogP contribution >= 0.6 is 0 Å². The Bertz CT molecular complexity index is 152. The van der Waals surface area contributed by atoms with E-state index >= 15 is 0 Å². The molecular weight excluding hydrogens is 138 g/mol. The van der Waals surface area contributed by atoms with Gasteiger partial charge < -0.3 is 5.32 Å². The van der Waals surface area contributed by atoms with Crippen molar-refractivity contribution in [1.29, 1.82) is 0 Å². The fourth-order valence-corrected chi connectivity index (χ4v) is 1.46. The third kappa shape index (κ3) is 2.91. The first kappa shape index (κ1) is 8.57. The number of hydrogen-bond donors (Lipinski definition) is 1. The van der Waals surface area contributed by atoms with Crippen molar-refractivity contribution in [3.05, 3.63) is 0 Å². The molecule has 0 bridgehead atoms. The molecule has 1 aliphatic rings. The van der Waals surface area contributed by atoms with E-state index in [1.54, 1.807) is 0 Å². The van der Waals surface area contributed by atoms with Crippen LogP contribution in [0, 0.1) is 5.41 Å². The third-order valence-electron chi connectivity index (χ3n) is 2.38. The second kappa shape index (κ2) is 3.24. The van der Waals surface area contributed by atoms with Gasteiger partial charge in [0, 0.05) is 13.0 Å². The monoisotopic (exact) mass is 155 g/mol. The van der Waals surface area contributed by atoms with Gasteiger partial charge in [0.05, 0.1) is 0 Å². The van der Waals surface area contributed by atoms with Crippen molar-refractivity contribution < 1.29 is 4.79 Å². The molecular formula is C9H17NO. The van der Waals surface area contributed by atoms with Gasteiger partial charge in [0.15, 0.2) is 0 Å². The summed E-state index contributed by atoms with van der Waals surface area (Å²) in [6, 6.07) is 0. The van der Waals surface area contributed by atoms with E-state index in [-0.39, 0.29) is 5.91 Å². The van der Waals surface area contributed by atoms with Crippen LogP contribution in [0.1, 0.15) is 39.5 Å². The lowest BCUT2D eigenvalue weighted by Crippen LogP contribution is -2.29. The second-order valence-electron chi connectivity index (χ2n) is 4.12. The van der Waals surface area contributed by atoms with E-state index < -0.39 is 0 Å². The summed E-state index contributed by atoms with van der Waals surface area (Å²) in [6.07, 6.45) is 4.08. The summed E-state index contributed by atoms with van der Waals surface area (Å²) in [5.74, 6) is 0.220. The molecule has 2 nitrogen and oxygen atoms in total. The SMILES string of the molecule is CC1(C)CCCNC(=O)CC1. The van der Waals surface area contributed by atoms with Gasteiger partial charge in [0.25, 0.3) is 0 Å².